The first-order valence-electron chi connectivity index (χ1n) is 1.94. The van der Waals surface area contributed by atoms with E-state index < -0.39 is 12.1 Å². The van der Waals surface area contributed by atoms with Gasteiger partial charge in [0.05, 0.1) is 0 Å². The van der Waals surface area contributed by atoms with E-state index in [1.54, 1.807) is 0 Å². The number of methoxy groups -OCH3 is 1. The maximum atomic E-state index is 9.81. The van der Waals surface area contributed by atoms with Crippen LogP contribution in [0.5, 0.6) is 0 Å². The molecule has 1 atom stereocenters. The molecule has 0 aliphatic carbocycles. The van der Waals surface area contributed by atoms with Gasteiger partial charge in [-0.25, -0.2) is 4.79 Å². The molecule has 0 saturated heterocycles. The summed E-state index contributed by atoms with van der Waals surface area (Å²) >= 11 is 0. The zero-order valence-corrected chi connectivity index (χ0v) is 4.34. The van der Waals surface area contributed by atoms with Gasteiger partial charge in [0.25, 0.3) is 0 Å². The van der Waals surface area contributed by atoms with Crippen molar-refractivity contribution in [1.29, 1.82) is 0 Å². The number of carboxylic acid groups (broad SMARTS) is 1. The molecule has 1 unspecified atom stereocenters. The van der Waals surface area contributed by atoms with E-state index in [1.807, 2.05) is 0 Å². The molecule has 0 aliphatic heterocycles. The van der Waals surface area contributed by atoms with Crippen LogP contribution in [0.4, 0.5) is 0 Å². The second-order valence-electron chi connectivity index (χ2n) is 1.22. The van der Waals surface area contributed by atoms with Gasteiger partial charge in [-0.05, 0) is 6.92 Å². The molecule has 44 valence electrons. The van der Waals surface area contributed by atoms with Crippen molar-refractivity contribution in [1.82, 2.24) is 0 Å². The minimum atomic E-state index is -0.928. The third-order valence-electron chi connectivity index (χ3n) is 0.701. The molecule has 0 rings (SSSR count). The van der Waals surface area contributed by atoms with E-state index in [9.17, 15) is 4.79 Å². The Morgan fingerprint density at radius 3 is 2.12 bits per heavy atom. The molecule has 0 bridgehead atoms. The summed E-state index contributed by atoms with van der Waals surface area (Å²) in [5.74, 6) is -0.928. The Balaban J connectivity index is 0. The molecule has 0 heterocycles. The fourth-order valence-electron chi connectivity index (χ4n) is 0.101. The van der Waals surface area contributed by atoms with E-state index in [0.717, 1.165) is 0 Å². The van der Waals surface area contributed by atoms with E-state index in [1.165, 1.54) is 14.0 Å². The van der Waals surface area contributed by atoms with Gasteiger partial charge in [0.1, 0.15) is 0 Å². The van der Waals surface area contributed by atoms with Crippen molar-refractivity contribution >= 4 is 35.5 Å². The molecule has 3 nitrogen and oxygen atoms in total. The molecule has 0 spiro atoms. The van der Waals surface area contributed by atoms with Crippen molar-refractivity contribution in [3.05, 3.63) is 0 Å². The van der Waals surface area contributed by atoms with Crippen LogP contribution in [0.25, 0.3) is 0 Å². The summed E-state index contributed by atoms with van der Waals surface area (Å²) in [5.41, 5.74) is 0. The standard InChI is InChI=1S/C4H8O3.Na.H/c1-3(7-2)4(5)6;;/h3H,1-2H3,(H,5,6);;. The molecule has 0 aromatic heterocycles. The van der Waals surface area contributed by atoms with Gasteiger partial charge >= 0.3 is 35.5 Å². The number of hydrogen-bond acceptors (Lipinski definition) is 2. The van der Waals surface area contributed by atoms with Crippen molar-refractivity contribution in [2.45, 2.75) is 13.0 Å². The molecule has 4 heteroatoms. The third-order valence-corrected chi connectivity index (χ3v) is 0.701. The van der Waals surface area contributed by atoms with Crippen LogP contribution in [-0.2, 0) is 9.53 Å². The summed E-state index contributed by atoms with van der Waals surface area (Å²) in [6.07, 6.45) is -0.681. The van der Waals surface area contributed by atoms with Crippen LogP contribution in [0.3, 0.4) is 0 Å². The normalized spacial score (nSPS) is 11.8. The van der Waals surface area contributed by atoms with E-state index in [-0.39, 0.29) is 29.6 Å². The Morgan fingerprint density at radius 2 is 2.12 bits per heavy atom. The summed E-state index contributed by atoms with van der Waals surface area (Å²) in [4.78, 5) is 9.81. The van der Waals surface area contributed by atoms with E-state index in [2.05, 4.69) is 4.74 Å². The van der Waals surface area contributed by atoms with Gasteiger partial charge < -0.3 is 9.84 Å². The zero-order valence-electron chi connectivity index (χ0n) is 4.34. The summed E-state index contributed by atoms with van der Waals surface area (Å²) in [6.45, 7) is 1.47. The predicted molar refractivity (Wildman–Crippen MR) is 31.3 cm³/mol. The number of carbonyl (C=O) groups is 1. The summed E-state index contributed by atoms with van der Waals surface area (Å²) in [7, 11) is 1.36. The Bertz CT molecular complexity index is 73.7. The molecule has 1 N–H and O–H groups in total. The molecule has 0 saturated carbocycles. The van der Waals surface area contributed by atoms with Crippen LogP contribution in [0.1, 0.15) is 6.92 Å². The van der Waals surface area contributed by atoms with Crippen molar-refractivity contribution in [3.8, 4) is 0 Å². The molecule has 8 heavy (non-hydrogen) atoms. The van der Waals surface area contributed by atoms with Gasteiger partial charge in [0, 0.05) is 7.11 Å². The van der Waals surface area contributed by atoms with Crippen LogP contribution < -0.4 is 0 Å². The molecule has 0 radical (unpaired) electrons. The van der Waals surface area contributed by atoms with Crippen molar-refractivity contribution < 1.29 is 14.6 Å². The molecule has 0 fully saturated rings. The fraction of sp³-hybridized carbons (Fsp3) is 0.750. The first-order chi connectivity index (χ1) is 3.18. The second kappa shape index (κ2) is 5.56. The van der Waals surface area contributed by atoms with Gasteiger partial charge in [-0.15, -0.1) is 0 Å². The Morgan fingerprint density at radius 1 is 1.75 bits per heavy atom. The van der Waals surface area contributed by atoms with Crippen LogP contribution in [0.2, 0.25) is 0 Å². The summed E-state index contributed by atoms with van der Waals surface area (Å²) < 4.78 is 4.41. The first-order valence-corrected chi connectivity index (χ1v) is 1.94. The van der Waals surface area contributed by atoms with Crippen LogP contribution in [0, 0.1) is 0 Å². The molecular weight excluding hydrogens is 119 g/mol. The van der Waals surface area contributed by atoms with Gasteiger partial charge in [-0.1, -0.05) is 0 Å². The first kappa shape index (κ1) is 11.3. The van der Waals surface area contributed by atoms with E-state index in [4.69, 9.17) is 5.11 Å². The minimum absolute atomic E-state index is 0. The Labute approximate surface area is 70.3 Å². The van der Waals surface area contributed by atoms with Crippen molar-refractivity contribution in [2.75, 3.05) is 7.11 Å². The molecule has 0 aliphatic rings. The topological polar surface area (TPSA) is 46.5 Å². The number of hydrogen-bond donors (Lipinski definition) is 1. The van der Waals surface area contributed by atoms with Crippen LogP contribution in [0.15, 0.2) is 0 Å². The second-order valence-corrected chi connectivity index (χ2v) is 1.22. The predicted octanol–water partition coefficient (Wildman–Crippen LogP) is -0.543. The average molecular weight is 128 g/mol. The van der Waals surface area contributed by atoms with Gasteiger partial charge in [-0.2, -0.15) is 0 Å². The quantitative estimate of drug-likeness (QED) is 0.508. The van der Waals surface area contributed by atoms with E-state index >= 15 is 0 Å². The number of ether oxygens (including phenoxy) is 1. The number of carboxylic acids is 1. The van der Waals surface area contributed by atoms with Gasteiger partial charge in [0.2, 0.25) is 0 Å². The average Bonchev–Trinajstić information content (AvgIpc) is 1.65. The van der Waals surface area contributed by atoms with Crippen molar-refractivity contribution in [3.63, 3.8) is 0 Å². The SMILES string of the molecule is COC(C)C(=O)O.[NaH]. The molecule has 0 amide bonds. The monoisotopic (exact) mass is 128 g/mol. The molecule has 0 aromatic carbocycles. The molecular formula is C4H9NaO3. The van der Waals surface area contributed by atoms with Crippen molar-refractivity contribution in [2.24, 2.45) is 0 Å². The zero-order chi connectivity index (χ0) is 5.86. The molecule has 0 aromatic rings. The third kappa shape index (κ3) is 4.59. The van der Waals surface area contributed by atoms with Gasteiger partial charge in [0.15, 0.2) is 6.10 Å². The summed E-state index contributed by atoms with van der Waals surface area (Å²) in [6, 6.07) is 0. The number of aliphatic carboxylic acids is 1. The Kier molecular flexibility index (Phi) is 7.83. The maximum absolute atomic E-state index is 9.81. The van der Waals surface area contributed by atoms with Gasteiger partial charge in [-0.3, -0.25) is 0 Å². The fourth-order valence-corrected chi connectivity index (χ4v) is 0.101. The summed E-state index contributed by atoms with van der Waals surface area (Å²) in [5, 5.41) is 8.06. The number of rotatable bonds is 2. The van der Waals surface area contributed by atoms with E-state index in [0.29, 0.717) is 0 Å². The Hall–Kier alpha value is 0.430. The van der Waals surface area contributed by atoms with Crippen LogP contribution >= 0.6 is 0 Å². The van der Waals surface area contributed by atoms with Crippen LogP contribution in [-0.4, -0.2) is 53.8 Å².